The lowest BCUT2D eigenvalue weighted by molar-refractivity contribution is -0.0329. The number of Topliss-reactive ketones (excluding diaryl/α,β-unsaturated/α-hetero) is 1. The number of carbonyl (C=O) groups is 1. The number of hydrogen-bond donors (Lipinski definition) is 0. The van der Waals surface area contributed by atoms with Crippen molar-refractivity contribution >= 4 is 33.5 Å². The number of benzene rings is 1. The van der Waals surface area contributed by atoms with Crippen LogP contribution in [-0.4, -0.2) is 22.7 Å². The van der Waals surface area contributed by atoms with Crippen molar-refractivity contribution in [2.45, 2.75) is 29.1 Å². The van der Waals surface area contributed by atoms with Crippen molar-refractivity contribution in [3.8, 4) is 5.75 Å². The van der Waals surface area contributed by atoms with Crippen LogP contribution >= 0.6 is 27.7 Å². The summed E-state index contributed by atoms with van der Waals surface area (Å²) in [4.78, 5) is 11.3. The van der Waals surface area contributed by atoms with E-state index in [0.29, 0.717) is 0 Å². The Morgan fingerprint density at radius 1 is 1.47 bits per heavy atom. The van der Waals surface area contributed by atoms with Gasteiger partial charge in [-0.1, -0.05) is 22.0 Å². The number of para-hydroxylation sites is 1. The van der Waals surface area contributed by atoms with Crippen molar-refractivity contribution < 1.29 is 22.7 Å². The normalized spacial score (nSPS) is 13.2. The highest BCUT2D eigenvalue weighted by Gasteiger charge is 2.32. The highest BCUT2D eigenvalue weighted by atomic mass is 79.9. The van der Waals surface area contributed by atoms with Crippen LogP contribution in [0.15, 0.2) is 23.1 Å². The molecule has 0 aliphatic rings. The minimum atomic E-state index is -4.42. The van der Waals surface area contributed by atoms with Gasteiger partial charge in [-0.2, -0.15) is 13.2 Å². The molecule has 0 saturated carbocycles. The third kappa shape index (κ3) is 4.72. The molecular formula is C12H12BrF3O2S. The summed E-state index contributed by atoms with van der Waals surface area (Å²) in [5.41, 5.74) is -4.27. The van der Waals surface area contributed by atoms with Crippen molar-refractivity contribution in [2.24, 2.45) is 0 Å². The van der Waals surface area contributed by atoms with E-state index in [1.807, 2.05) is 0 Å². The minimum Gasteiger partial charge on any atom is -0.492 e. The third-order valence-electron chi connectivity index (χ3n) is 2.12. The predicted octanol–water partition coefficient (Wildman–Crippen LogP) is 4.66. The average molecular weight is 357 g/mol. The van der Waals surface area contributed by atoms with Gasteiger partial charge in [0.2, 0.25) is 0 Å². The van der Waals surface area contributed by atoms with E-state index in [1.165, 1.54) is 18.2 Å². The Morgan fingerprint density at radius 2 is 2.11 bits per heavy atom. The lowest BCUT2D eigenvalue weighted by atomic mass is 10.1. The molecule has 1 unspecified atom stereocenters. The Morgan fingerprint density at radius 3 is 2.58 bits per heavy atom. The van der Waals surface area contributed by atoms with E-state index in [9.17, 15) is 18.0 Å². The van der Waals surface area contributed by atoms with Crippen LogP contribution in [0.1, 0.15) is 24.2 Å². The first-order valence-electron chi connectivity index (χ1n) is 5.46. The second-order valence-corrected chi connectivity index (χ2v) is 6.07. The van der Waals surface area contributed by atoms with Crippen molar-refractivity contribution in [1.29, 1.82) is 0 Å². The number of rotatable bonds is 5. The number of alkyl halides is 4. The van der Waals surface area contributed by atoms with Crippen molar-refractivity contribution in [1.82, 2.24) is 0 Å². The average Bonchev–Trinajstić information content (AvgIpc) is 2.28. The molecule has 0 saturated heterocycles. The fourth-order valence-corrected chi connectivity index (χ4v) is 2.33. The topological polar surface area (TPSA) is 26.3 Å². The fraction of sp³-hybridized carbons (Fsp3) is 0.417. The molecule has 0 amide bonds. The molecule has 2 nitrogen and oxygen atoms in total. The summed E-state index contributed by atoms with van der Waals surface area (Å²) in [6.45, 7) is 3.45. The van der Waals surface area contributed by atoms with Crippen LogP contribution in [0.5, 0.6) is 5.75 Å². The van der Waals surface area contributed by atoms with Crippen LogP contribution in [0.2, 0.25) is 0 Å². The number of ketones is 1. The molecule has 1 rings (SSSR count). The number of halogens is 4. The van der Waals surface area contributed by atoms with Crippen molar-refractivity contribution in [2.75, 3.05) is 6.61 Å². The van der Waals surface area contributed by atoms with Crippen LogP contribution < -0.4 is 4.74 Å². The summed E-state index contributed by atoms with van der Waals surface area (Å²) in [5.74, 6) is -0.323. The molecular weight excluding hydrogens is 345 g/mol. The maximum Gasteiger partial charge on any atom is 0.446 e. The van der Waals surface area contributed by atoms with Gasteiger partial charge in [-0.25, -0.2) is 0 Å². The van der Waals surface area contributed by atoms with Gasteiger partial charge in [-0.15, -0.1) is 0 Å². The zero-order valence-electron chi connectivity index (χ0n) is 10.3. The van der Waals surface area contributed by atoms with Gasteiger partial charge in [-0.05, 0) is 37.7 Å². The van der Waals surface area contributed by atoms with E-state index in [1.54, 1.807) is 13.8 Å². The standard InChI is InChI=1S/C12H12BrF3O2S/c1-3-18-11-8(10(17)7(2)13)5-4-6-9(11)19-12(14,15)16/h4-7H,3H2,1-2H3. The molecule has 1 atom stereocenters. The van der Waals surface area contributed by atoms with Gasteiger partial charge < -0.3 is 4.74 Å². The Hall–Kier alpha value is -0.690. The zero-order chi connectivity index (χ0) is 14.6. The molecule has 0 fully saturated rings. The van der Waals surface area contributed by atoms with Crippen LogP contribution in [-0.2, 0) is 0 Å². The van der Waals surface area contributed by atoms with Gasteiger partial charge in [0.05, 0.1) is 21.9 Å². The molecule has 1 aromatic rings. The van der Waals surface area contributed by atoms with Gasteiger partial charge in [0, 0.05) is 0 Å². The summed E-state index contributed by atoms with van der Waals surface area (Å²) >= 11 is 2.83. The molecule has 7 heteroatoms. The maximum absolute atomic E-state index is 12.5. The molecule has 0 radical (unpaired) electrons. The Labute approximate surface area is 121 Å². The lowest BCUT2D eigenvalue weighted by Gasteiger charge is -2.15. The fourth-order valence-electron chi connectivity index (χ4n) is 1.42. The second kappa shape index (κ2) is 6.65. The van der Waals surface area contributed by atoms with Gasteiger partial charge in [0.15, 0.2) is 5.78 Å². The third-order valence-corrected chi connectivity index (χ3v) is 3.31. The van der Waals surface area contributed by atoms with Crippen LogP contribution in [0, 0.1) is 0 Å². The summed E-state index contributed by atoms with van der Waals surface area (Å²) in [6, 6.07) is 4.17. The van der Waals surface area contributed by atoms with Crippen LogP contribution in [0.3, 0.4) is 0 Å². The highest BCUT2D eigenvalue weighted by Crippen LogP contribution is 2.43. The summed E-state index contributed by atoms with van der Waals surface area (Å²) < 4.78 is 42.6. The molecule has 0 aliphatic heterocycles. The smallest absolute Gasteiger partial charge is 0.446 e. The van der Waals surface area contributed by atoms with Crippen LogP contribution in [0.4, 0.5) is 13.2 Å². The molecule has 0 spiro atoms. The Bertz CT molecular complexity index is 461. The predicted molar refractivity (Wildman–Crippen MR) is 72.2 cm³/mol. The van der Waals surface area contributed by atoms with Crippen molar-refractivity contribution in [3.63, 3.8) is 0 Å². The van der Waals surface area contributed by atoms with E-state index >= 15 is 0 Å². The first-order chi connectivity index (χ1) is 8.76. The highest BCUT2D eigenvalue weighted by molar-refractivity contribution is 9.10. The summed E-state index contributed by atoms with van der Waals surface area (Å²) in [5, 5.41) is 0. The number of hydrogen-bond acceptors (Lipinski definition) is 3. The van der Waals surface area contributed by atoms with Gasteiger partial charge in [-0.3, -0.25) is 4.79 Å². The van der Waals surface area contributed by atoms with E-state index in [4.69, 9.17) is 4.74 Å². The Balaban J connectivity index is 3.25. The number of carbonyl (C=O) groups excluding carboxylic acids is 1. The number of ether oxygens (including phenoxy) is 1. The van der Waals surface area contributed by atoms with Crippen molar-refractivity contribution in [3.05, 3.63) is 23.8 Å². The minimum absolute atomic E-state index is 0.0105. The summed E-state index contributed by atoms with van der Waals surface area (Å²) in [6.07, 6.45) is 0. The van der Waals surface area contributed by atoms with Gasteiger partial charge in [0.25, 0.3) is 0 Å². The van der Waals surface area contributed by atoms with Crippen LogP contribution in [0.25, 0.3) is 0 Å². The summed E-state index contributed by atoms with van der Waals surface area (Å²) in [7, 11) is 0. The first kappa shape index (κ1) is 16.4. The maximum atomic E-state index is 12.5. The second-order valence-electron chi connectivity index (χ2n) is 3.59. The van der Waals surface area contributed by atoms with E-state index in [-0.39, 0.29) is 40.4 Å². The quantitative estimate of drug-likeness (QED) is 0.436. The van der Waals surface area contributed by atoms with Gasteiger partial charge >= 0.3 is 5.51 Å². The SMILES string of the molecule is CCOc1c(SC(F)(F)F)cccc1C(=O)C(C)Br. The van der Waals surface area contributed by atoms with E-state index < -0.39 is 10.3 Å². The first-order valence-corrected chi connectivity index (χ1v) is 7.19. The monoisotopic (exact) mass is 356 g/mol. The molecule has 1 aromatic carbocycles. The molecule has 0 heterocycles. The Kier molecular flexibility index (Phi) is 5.73. The molecule has 0 aromatic heterocycles. The molecule has 106 valence electrons. The largest absolute Gasteiger partial charge is 0.492 e. The number of thioether (sulfide) groups is 1. The molecule has 0 N–H and O–H groups in total. The molecule has 0 bridgehead atoms. The molecule has 19 heavy (non-hydrogen) atoms. The zero-order valence-corrected chi connectivity index (χ0v) is 12.7. The van der Waals surface area contributed by atoms with E-state index in [2.05, 4.69) is 15.9 Å². The lowest BCUT2D eigenvalue weighted by Crippen LogP contribution is -2.13. The molecule has 0 aliphatic carbocycles. The van der Waals surface area contributed by atoms with Gasteiger partial charge in [0.1, 0.15) is 5.75 Å². The van der Waals surface area contributed by atoms with E-state index in [0.717, 1.165) is 0 Å².